The van der Waals surface area contributed by atoms with E-state index in [1.807, 2.05) is 61.5 Å². The average molecular weight is 283 g/mol. The Kier molecular flexibility index (Phi) is 4.76. The van der Waals surface area contributed by atoms with Gasteiger partial charge >= 0.3 is 5.97 Å². The Hall–Kier alpha value is -2.13. The number of hydrogen-bond donors (Lipinski definition) is 2. The van der Waals surface area contributed by atoms with Gasteiger partial charge in [0, 0.05) is 0 Å². The van der Waals surface area contributed by atoms with Crippen molar-refractivity contribution in [2.24, 2.45) is 0 Å². The highest BCUT2D eigenvalue weighted by Crippen LogP contribution is 2.25. The van der Waals surface area contributed by atoms with E-state index in [0.717, 1.165) is 23.1 Å². The molecule has 1 atom stereocenters. The molecule has 0 spiro atoms. The third-order valence-corrected chi connectivity index (χ3v) is 3.73. The molecule has 2 aromatic rings. The number of carbonyl (C=O) groups is 1. The molecule has 2 rings (SSSR count). The van der Waals surface area contributed by atoms with Crippen molar-refractivity contribution in [3.05, 3.63) is 60.2 Å². The first kappa shape index (κ1) is 15.3. The molecule has 1 unspecified atom stereocenters. The minimum atomic E-state index is -1.05. The lowest BCUT2D eigenvalue weighted by atomic mass is 9.90. The molecule has 0 aliphatic carbocycles. The summed E-state index contributed by atoms with van der Waals surface area (Å²) in [6.45, 7) is 4.40. The predicted molar refractivity (Wildman–Crippen MR) is 85.2 cm³/mol. The van der Waals surface area contributed by atoms with E-state index in [0.29, 0.717) is 6.54 Å². The molecule has 0 saturated heterocycles. The van der Waals surface area contributed by atoms with E-state index < -0.39 is 11.5 Å². The topological polar surface area (TPSA) is 49.3 Å². The molecule has 0 aliphatic rings. The van der Waals surface area contributed by atoms with Gasteiger partial charge in [-0.1, -0.05) is 61.5 Å². The van der Waals surface area contributed by atoms with Crippen LogP contribution in [0.1, 0.15) is 25.8 Å². The van der Waals surface area contributed by atoms with Crippen LogP contribution in [0.25, 0.3) is 11.1 Å². The maximum absolute atomic E-state index is 11.6. The van der Waals surface area contributed by atoms with E-state index in [1.54, 1.807) is 6.92 Å². The molecule has 2 N–H and O–H groups in total. The Bertz CT molecular complexity index is 592. The van der Waals surface area contributed by atoms with Crippen LogP contribution in [0.2, 0.25) is 0 Å². The van der Waals surface area contributed by atoms with Gasteiger partial charge in [0.1, 0.15) is 5.54 Å². The minimum Gasteiger partial charge on any atom is -0.480 e. The monoisotopic (exact) mass is 283 g/mol. The van der Waals surface area contributed by atoms with Crippen molar-refractivity contribution in [3.8, 4) is 11.1 Å². The first-order valence-electron chi connectivity index (χ1n) is 7.22. The minimum absolute atomic E-state index is 0.670. The first-order valence-corrected chi connectivity index (χ1v) is 7.22. The van der Waals surface area contributed by atoms with Gasteiger partial charge in [-0.25, -0.2) is 4.79 Å². The summed E-state index contributed by atoms with van der Waals surface area (Å²) >= 11 is 0. The fourth-order valence-corrected chi connectivity index (χ4v) is 2.30. The van der Waals surface area contributed by atoms with E-state index in [9.17, 15) is 9.90 Å². The summed E-state index contributed by atoms with van der Waals surface area (Å²) in [4.78, 5) is 11.6. The van der Waals surface area contributed by atoms with Crippen LogP contribution in [-0.4, -0.2) is 17.6 Å². The molecule has 0 aliphatic heterocycles. The van der Waals surface area contributed by atoms with Crippen molar-refractivity contribution in [2.45, 2.75) is 25.8 Å². The molecule has 0 heterocycles. The van der Waals surface area contributed by atoms with Crippen LogP contribution < -0.4 is 5.32 Å². The zero-order chi connectivity index (χ0) is 15.3. The fraction of sp³-hybridized carbons (Fsp3) is 0.278. The molecule has 0 amide bonds. The Morgan fingerprint density at radius 3 is 2.14 bits per heavy atom. The van der Waals surface area contributed by atoms with Gasteiger partial charge < -0.3 is 5.11 Å². The van der Waals surface area contributed by atoms with E-state index in [1.165, 1.54) is 0 Å². The molecule has 21 heavy (non-hydrogen) atoms. The van der Waals surface area contributed by atoms with Gasteiger partial charge in [-0.15, -0.1) is 0 Å². The maximum Gasteiger partial charge on any atom is 0.328 e. The number of carboxylic acid groups (broad SMARTS) is 1. The number of aliphatic carboxylic acids is 1. The molecule has 3 nitrogen and oxygen atoms in total. The van der Waals surface area contributed by atoms with E-state index in [2.05, 4.69) is 5.32 Å². The summed E-state index contributed by atoms with van der Waals surface area (Å²) < 4.78 is 0. The first-order chi connectivity index (χ1) is 10.1. The number of nitrogens with one attached hydrogen (secondary N) is 1. The summed E-state index contributed by atoms with van der Waals surface area (Å²) in [7, 11) is 0. The van der Waals surface area contributed by atoms with Crippen molar-refractivity contribution < 1.29 is 9.90 Å². The van der Waals surface area contributed by atoms with E-state index in [-0.39, 0.29) is 0 Å². The highest BCUT2D eigenvalue weighted by atomic mass is 16.4. The molecule has 0 fully saturated rings. The third kappa shape index (κ3) is 3.31. The second-order valence-corrected chi connectivity index (χ2v) is 5.30. The standard InChI is InChI=1S/C18H21NO2/c1-3-13-19-18(2,17(20)21)16-11-9-15(10-12-16)14-7-5-4-6-8-14/h4-12,19H,3,13H2,1-2H3,(H,20,21). The van der Waals surface area contributed by atoms with Crippen LogP contribution in [-0.2, 0) is 10.3 Å². The molecule has 3 heteroatoms. The normalized spacial score (nSPS) is 13.6. The average Bonchev–Trinajstić information content (AvgIpc) is 2.53. The zero-order valence-electron chi connectivity index (χ0n) is 12.5. The van der Waals surface area contributed by atoms with Crippen molar-refractivity contribution in [1.29, 1.82) is 0 Å². The molecule has 0 aromatic heterocycles. The van der Waals surface area contributed by atoms with Gasteiger partial charge in [0.05, 0.1) is 0 Å². The van der Waals surface area contributed by atoms with Gasteiger partial charge in [-0.3, -0.25) is 5.32 Å². The lowest BCUT2D eigenvalue weighted by Crippen LogP contribution is -2.46. The summed E-state index contributed by atoms with van der Waals surface area (Å²) in [6, 6.07) is 17.8. The number of benzene rings is 2. The third-order valence-electron chi connectivity index (χ3n) is 3.73. The second kappa shape index (κ2) is 6.55. The fourth-order valence-electron chi connectivity index (χ4n) is 2.30. The highest BCUT2D eigenvalue weighted by Gasteiger charge is 2.34. The van der Waals surface area contributed by atoms with Crippen LogP contribution in [0.15, 0.2) is 54.6 Å². The SMILES string of the molecule is CCCNC(C)(C(=O)O)c1ccc(-c2ccccc2)cc1. The molecule has 0 radical (unpaired) electrons. The molecular weight excluding hydrogens is 262 g/mol. The zero-order valence-corrected chi connectivity index (χ0v) is 12.5. The van der Waals surface area contributed by atoms with Gasteiger partial charge in [-0.05, 0) is 36.6 Å². The molecule has 2 aromatic carbocycles. The van der Waals surface area contributed by atoms with Gasteiger partial charge in [0.25, 0.3) is 0 Å². The lowest BCUT2D eigenvalue weighted by Gasteiger charge is -2.27. The Labute approximate surface area is 125 Å². The Balaban J connectivity index is 2.30. The molecule has 110 valence electrons. The number of hydrogen-bond acceptors (Lipinski definition) is 2. The highest BCUT2D eigenvalue weighted by molar-refractivity contribution is 5.80. The Morgan fingerprint density at radius 1 is 1.05 bits per heavy atom. The quantitative estimate of drug-likeness (QED) is 0.850. The lowest BCUT2D eigenvalue weighted by molar-refractivity contribution is -0.144. The summed E-state index contributed by atoms with van der Waals surface area (Å²) in [5, 5.41) is 12.7. The maximum atomic E-state index is 11.6. The van der Waals surface area contributed by atoms with Crippen molar-refractivity contribution in [3.63, 3.8) is 0 Å². The van der Waals surface area contributed by atoms with Crippen LogP contribution >= 0.6 is 0 Å². The van der Waals surface area contributed by atoms with Gasteiger partial charge in [0.2, 0.25) is 0 Å². The number of carboxylic acids is 1. The smallest absolute Gasteiger partial charge is 0.328 e. The van der Waals surface area contributed by atoms with Crippen LogP contribution in [0.5, 0.6) is 0 Å². The largest absolute Gasteiger partial charge is 0.480 e. The summed E-state index contributed by atoms with van der Waals surface area (Å²) in [5.41, 5.74) is 1.93. The summed E-state index contributed by atoms with van der Waals surface area (Å²) in [5.74, 6) is -0.858. The van der Waals surface area contributed by atoms with E-state index in [4.69, 9.17) is 0 Å². The number of rotatable bonds is 6. The Morgan fingerprint density at radius 2 is 1.62 bits per heavy atom. The van der Waals surface area contributed by atoms with Gasteiger partial charge in [0.15, 0.2) is 0 Å². The van der Waals surface area contributed by atoms with Crippen LogP contribution in [0, 0.1) is 0 Å². The molecule has 0 bridgehead atoms. The summed E-state index contributed by atoms with van der Waals surface area (Å²) in [6.07, 6.45) is 0.894. The molecule has 0 saturated carbocycles. The van der Waals surface area contributed by atoms with Crippen molar-refractivity contribution in [1.82, 2.24) is 5.32 Å². The van der Waals surface area contributed by atoms with Crippen molar-refractivity contribution in [2.75, 3.05) is 6.54 Å². The van der Waals surface area contributed by atoms with Crippen LogP contribution in [0.3, 0.4) is 0 Å². The van der Waals surface area contributed by atoms with Crippen molar-refractivity contribution >= 4 is 5.97 Å². The van der Waals surface area contributed by atoms with Crippen LogP contribution in [0.4, 0.5) is 0 Å². The predicted octanol–water partition coefficient (Wildman–Crippen LogP) is 3.65. The van der Waals surface area contributed by atoms with Gasteiger partial charge in [-0.2, -0.15) is 0 Å². The molecular formula is C18H21NO2. The van der Waals surface area contributed by atoms with E-state index >= 15 is 0 Å². The second-order valence-electron chi connectivity index (χ2n) is 5.30.